The SMILES string of the molecule is C=CCn1c(SC[C@@H](O)COc2ccccc2)nnc1-c1ccc(Cl)cc1. The van der Waals surface area contributed by atoms with Crippen LogP contribution in [0.5, 0.6) is 5.75 Å². The van der Waals surface area contributed by atoms with E-state index < -0.39 is 6.10 Å². The summed E-state index contributed by atoms with van der Waals surface area (Å²) in [6.45, 7) is 4.60. The average Bonchev–Trinajstić information content (AvgIpc) is 3.09. The van der Waals surface area contributed by atoms with E-state index in [0.717, 1.165) is 22.3 Å². The molecule has 0 aliphatic heterocycles. The van der Waals surface area contributed by atoms with Crippen molar-refractivity contribution < 1.29 is 9.84 Å². The number of halogens is 1. The van der Waals surface area contributed by atoms with Crippen molar-refractivity contribution in [2.75, 3.05) is 12.4 Å². The van der Waals surface area contributed by atoms with Crippen LogP contribution >= 0.6 is 23.4 Å². The van der Waals surface area contributed by atoms with Gasteiger partial charge in [-0.2, -0.15) is 0 Å². The zero-order valence-corrected chi connectivity index (χ0v) is 16.2. The molecule has 0 unspecified atom stereocenters. The number of allylic oxidation sites excluding steroid dienone is 1. The molecule has 0 amide bonds. The zero-order valence-electron chi connectivity index (χ0n) is 14.7. The lowest BCUT2D eigenvalue weighted by Crippen LogP contribution is -2.20. The van der Waals surface area contributed by atoms with Gasteiger partial charge in [-0.3, -0.25) is 4.57 Å². The lowest BCUT2D eigenvalue weighted by atomic mass is 10.2. The van der Waals surface area contributed by atoms with E-state index in [9.17, 15) is 5.11 Å². The first-order valence-corrected chi connectivity index (χ1v) is 9.82. The zero-order chi connectivity index (χ0) is 19.1. The van der Waals surface area contributed by atoms with Crippen LogP contribution in [-0.4, -0.2) is 38.3 Å². The maximum Gasteiger partial charge on any atom is 0.191 e. The minimum Gasteiger partial charge on any atom is -0.491 e. The first kappa shape index (κ1) is 19.5. The van der Waals surface area contributed by atoms with Crippen molar-refractivity contribution >= 4 is 23.4 Å². The van der Waals surface area contributed by atoms with Gasteiger partial charge >= 0.3 is 0 Å². The number of thioether (sulfide) groups is 1. The number of aliphatic hydroxyl groups excluding tert-OH is 1. The number of rotatable bonds is 9. The van der Waals surface area contributed by atoms with Gasteiger partial charge in [0.2, 0.25) is 0 Å². The van der Waals surface area contributed by atoms with Crippen LogP contribution in [0.2, 0.25) is 5.02 Å². The fourth-order valence-corrected chi connectivity index (χ4v) is 3.41. The lowest BCUT2D eigenvalue weighted by Gasteiger charge is -2.12. The van der Waals surface area contributed by atoms with E-state index in [1.54, 1.807) is 6.08 Å². The number of nitrogens with zero attached hydrogens (tertiary/aromatic N) is 3. The second kappa shape index (κ2) is 9.60. The molecule has 0 aliphatic carbocycles. The molecule has 1 N–H and O–H groups in total. The lowest BCUT2D eigenvalue weighted by molar-refractivity contribution is 0.126. The van der Waals surface area contributed by atoms with Gasteiger partial charge in [0.1, 0.15) is 12.4 Å². The molecule has 0 saturated heterocycles. The minimum absolute atomic E-state index is 0.219. The fourth-order valence-electron chi connectivity index (χ4n) is 2.43. The molecule has 1 atom stereocenters. The molecule has 27 heavy (non-hydrogen) atoms. The Balaban J connectivity index is 1.64. The summed E-state index contributed by atoms with van der Waals surface area (Å²) < 4.78 is 7.55. The molecule has 0 radical (unpaired) electrons. The summed E-state index contributed by atoms with van der Waals surface area (Å²) in [5, 5.41) is 20.2. The van der Waals surface area contributed by atoms with Crippen molar-refractivity contribution in [1.82, 2.24) is 14.8 Å². The van der Waals surface area contributed by atoms with Gasteiger partial charge in [-0.1, -0.05) is 47.6 Å². The Bertz CT molecular complexity index is 869. The van der Waals surface area contributed by atoms with Crippen LogP contribution in [0.1, 0.15) is 0 Å². The Hall–Kier alpha value is -2.28. The molecular formula is C20H20ClN3O2S. The van der Waals surface area contributed by atoms with Crippen LogP contribution < -0.4 is 4.74 Å². The summed E-state index contributed by atoms with van der Waals surface area (Å²) in [5.41, 5.74) is 0.925. The number of para-hydroxylation sites is 1. The van der Waals surface area contributed by atoms with E-state index in [1.165, 1.54) is 11.8 Å². The molecule has 2 aromatic carbocycles. The summed E-state index contributed by atoms with van der Waals surface area (Å²) in [6.07, 6.45) is 1.17. The summed E-state index contributed by atoms with van der Waals surface area (Å²) in [4.78, 5) is 0. The highest BCUT2D eigenvalue weighted by atomic mass is 35.5. The van der Waals surface area contributed by atoms with E-state index in [0.29, 0.717) is 17.3 Å². The Kier molecular flexibility index (Phi) is 6.92. The van der Waals surface area contributed by atoms with Gasteiger partial charge in [0.25, 0.3) is 0 Å². The van der Waals surface area contributed by atoms with Crippen molar-refractivity contribution in [1.29, 1.82) is 0 Å². The van der Waals surface area contributed by atoms with Crippen molar-refractivity contribution in [3.8, 4) is 17.1 Å². The van der Waals surface area contributed by atoms with Gasteiger partial charge in [-0.15, -0.1) is 16.8 Å². The summed E-state index contributed by atoms with van der Waals surface area (Å²) in [7, 11) is 0. The topological polar surface area (TPSA) is 60.2 Å². The van der Waals surface area contributed by atoms with E-state index in [-0.39, 0.29) is 6.61 Å². The molecule has 0 fully saturated rings. The standard InChI is InChI=1S/C20H20ClN3O2S/c1-2-12-24-19(15-8-10-16(21)11-9-15)22-23-20(24)27-14-17(25)13-26-18-6-4-3-5-7-18/h2-11,17,25H,1,12-14H2/t17-/m0/s1. The van der Waals surface area contributed by atoms with Gasteiger partial charge < -0.3 is 9.84 Å². The third kappa shape index (κ3) is 5.35. The normalized spacial score (nSPS) is 11.9. The van der Waals surface area contributed by atoms with Gasteiger partial charge in [-0.05, 0) is 36.4 Å². The van der Waals surface area contributed by atoms with Crippen molar-refractivity contribution in [2.45, 2.75) is 17.8 Å². The molecule has 7 heteroatoms. The van der Waals surface area contributed by atoms with Gasteiger partial charge in [0.05, 0.1) is 6.10 Å². The largest absolute Gasteiger partial charge is 0.491 e. The Labute approximate surface area is 167 Å². The van der Waals surface area contributed by atoms with E-state index >= 15 is 0 Å². The van der Waals surface area contributed by atoms with Crippen LogP contribution in [0.15, 0.2) is 72.4 Å². The fraction of sp³-hybridized carbons (Fsp3) is 0.200. The molecule has 3 aromatic rings. The van der Waals surface area contributed by atoms with E-state index in [4.69, 9.17) is 16.3 Å². The Morgan fingerprint density at radius 3 is 2.59 bits per heavy atom. The third-order valence-corrected chi connectivity index (χ3v) is 5.08. The predicted molar refractivity (Wildman–Crippen MR) is 109 cm³/mol. The Morgan fingerprint density at radius 1 is 1.15 bits per heavy atom. The molecule has 140 valence electrons. The second-order valence-corrected chi connectivity index (χ2v) is 7.22. The summed E-state index contributed by atoms with van der Waals surface area (Å²) in [5.74, 6) is 1.92. The van der Waals surface area contributed by atoms with Crippen molar-refractivity contribution in [3.63, 3.8) is 0 Å². The molecule has 0 aliphatic rings. The molecular weight excluding hydrogens is 382 g/mol. The molecule has 5 nitrogen and oxygen atoms in total. The predicted octanol–water partition coefficient (Wildman–Crippen LogP) is 4.32. The number of aliphatic hydroxyl groups is 1. The van der Waals surface area contributed by atoms with Crippen LogP contribution in [0.3, 0.4) is 0 Å². The quantitative estimate of drug-likeness (QED) is 0.427. The number of hydrogen-bond acceptors (Lipinski definition) is 5. The summed E-state index contributed by atoms with van der Waals surface area (Å²) >= 11 is 7.40. The molecule has 0 spiro atoms. The Morgan fingerprint density at radius 2 is 1.89 bits per heavy atom. The maximum absolute atomic E-state index is 10.2. The summed E-state index contributed by atoms with van der Waals surface area (Å²) in [6, 6.07) is 16.9. The second-order valence-electron chi connectivity index (χ2n) is 5.80. The van der Waals surface area contributed by atoms with Crippen molar-refractivity contribution in [2.24, 2.45) is 0 Å². The van der Waals surface area contributed by atoms with Crippen LogP contribution in [-0.2, 0) is 6.54 Å². The van der Waals surface area contributed by atoms with Crippen LogP contribution in [0.4, 0.5) is 0 Å². The van der Waals surface area contributed by atoms with Crippen molar-refractivity contribution in [3.05, 3.63) is 72.3 Å². The first-order valence-electron chi connectivity index (χ1n) is 8.46. The molecule has 1 heterocycles. The van der Waals surface area contributed by atoms with Crippen LogP contribution in [0, 0.1) is 0 Å². The maximum atomic E-state index is 10.2. The van der Waals surface area contributed by atoms with Crippen LogP contribution in [0.25, 0.3) is 11.4 Å². The minimum atomic E-state index is -0.622. The number of aromatic nitrogens is 3. The molecule has 0 saturated carbocycles. The highest BCUT2D eigenvalue weighted by molar-refractivity contribution is 7.99. The highest BCUT2D eigenvalue weighted by Gasteiger charge is 2.15. The number of hydrogen-bond donors (Lipinski definition) is 1. The van der Waals surface area contributed by atoms with Gasteiger partial charge in [0.15, 0.2) is 11.0 Å². The highest BCUT2D eigenvalue weighted by Crippen LogP contribution is 2.25. The average molecular weight is 402 g/mol. The smallest absolute Gasteiger partial charge is 0.191 e. The third-order valence-electron chi connectivity index (χ3n) is 3.72. The van der Waals surface area contributed by atoms with Gasteiger partial charge in [0, 0.05) is 22.9 Å². The molecule has 3 rings (SSSR count). The molecule has 0 bridgehead atoms. The van der Waals surface area contributed by atoms with Gasteiger partial charge in [-0.25, -0.2) is 0 Å². The first-order chi connectivity index (χ1) is 13.2. The van der Waals surface area contributed by atoms with E-state index in [1.807, 2.05) is 59.2 Å². The number of ether oxygens (including phenoxy) is 1. The monoisotopic (exact) mass is 401 g/mol. The molecule has 1 aromatic heterocycles. The van der Waals surface area contributed by atoms with E-state index in [2.05, 4.69) is 16.8 Å². The number of benzene rings is 2.